The highest BCUT2D eigenvalue weighted by atomic mass is 32.1. The number of benzene rings is 2. The summed E-state index contributed by atoms with van der Waals surface area (Å²) in [5.41, 5.74) is 6.26. The Morgan fingerprint density at radius 1 is 1.00 bits per heavy atom. The van der Waals surface area contributed by atoms with E-state index < -0.39 is 0 Å². The first-order valence-corrected chi connectivity index (χ1v) is 11.3. The number of aromatic nitrogens is 1. The quantitative estimate of drug-likeness (QED) is 0.320. The number of aryl methyl sites for hydroxylation is 1. The summed E-state index contributed by atoms with van der Waals surface area (Å²) in [6.07, 6.45) is 6.63. The Morgan fingerprint density at radius 2 is 1.82 bits per heavy atom. The maximum Gasteiger partial charge on any atom is 0.220 e. The molecule has 4 aromatic rings. The highest BCUT2D eigenvalue weighted by Crippen LogP contribution is 2.37. The van der Waals surface area contributed by atoms with Crippen LogP contribution in [-0.4, -0.2) is 0 Å². The lowest BCUT2D eigenvalue weighted by molar-refractivity contribution is -0.665. The van der Waals surface area contributed by atoms with E-state index in [0.717, 1.165) is 11.1 Å². The van der Waals surface area contributed by atoms with Gasteiger partial charge in [-0.1, -0.05) is 31.4 Å². The van der Waals surface area contributed by atoms with Crippen LogP contribution in [0.3, 0.4) is 0 Å². The van der Waals surface area contributed by atoms with Gasteiger partial charge in [-0.3, -0.25) is 0 Å². The molecule has 0 spiro atoms. The molecule has 142 valence electrons. The molecule has 0 N–H and O–H groups in total. The largest absolute Gasteiger partial charge is 0.220 e. The van der Waals surface area contributed by atoms with Gasteiger partial charge in [-0.05, 0) is 77.2 Å². The van der Waals surface area contributed by atoms with Crippen molar-refractivity contribution in [2.75, 3.05) is 0 Å². The lowest BCUT2D eigenvalue weighted by Crippen LogP contribution is -2.35. The zero-order valence-electron chi connectivity index (χ0n) is 18.0. The van der Waals surface area contributed by atoms with Gasteiger partial charge in [0.25, 0.3) is 0 Å². The molecule has 1 nitrogen and oxygen atoms in total. The van der Waals surface area contributed by atoms with Gasteiger partial charge in [0.15, 0.2) is 5.69 Å². The second-order valence-electron chi connectivity index (χ2n) is 8.38. The van der Waals surface area contributed by atoms with E-state index in [-0.39, 0.29) is 0 Å². The van der Waals surface area contributed by atoms with E-state index >= 15 is 0 Å². The third-order valence-corrected chi connectivity index (χ3v) is 7.46. The molecule has 0 aliphatic heterocycles. The SMILES string of the molecule is [2H]c1c(C)[n+](C)c(-c2cc3sccc3cc2C)c2ccc(C3CCCCC3)cc12. The van der Waals surface area contributed by atoms with Gasteiger partial charge in [0.05, 0.1) is 12.3 Å². The molecule has 1 aliphatic carbocycles. The average molecular weight is 388 g/mol. The van der Waals surface area contributed by atoms with Gasteiger partial charge in [-0.25, -0.2) is 0 Å². The van der Waals surface area contributed by atoms with Crippen molar-refractivity contribution >= 4 is 32.2 Å². The van der Waals surface area contributed by atoms with Crippen molar-refractivity contribution in [2.24, 2.45) is 7.05 Å². The van der Waals surface area contributed by atoms with Crippen LogP contribution in [-0.2, 0) is 7.05 Å². The molecular weight excluding hydrogens is 358 g/mol. The molecule has 2 aromatic heterocycles. The summed E-state index contributed by atoms with van der Waals surface area (Å²) in [6.45, 7) is 4.29. The summed E-state index contributed by atoms with van der Waals surface area (Å²) < 4.78 is 12.4. The molecule has 1 saturated carbocycles. The van der Waals surface area contributed by atoms with E-state index in [0.29, 0.717) is 12.0 Å². The van der Waals surface area contributed by atoms with E-state index in [1.54, 1.807) is 11.3 Å². The van der Waals surface area contributed by atoms with Gasteiger partial charge in [0.1, 0.15) is 7.05 Å². The normalized spacial score (nSPS) is 16.0. The maximum atomic E-state index is 8.84. The Bertz CT molecular complexity index is 1230. The third-order valence-electron chi connectivity index (χ3n) is 6.58. The molecule has 0 unspecified atom stereocenters. The van der Waals surface area contributed by atoms with E-state index in [9.17, 15) is 0 Å². The van der Waals surface area contributed by atoms with Gasteiger partial charge < -0.3 is 0 Å². The van der Waals surface area contributed by atoms with Crippen LogP contribution in [0, 0.1) is 13.8 Å². The first-order valence-electron chi connectivity index (χ1n) is 11.0. The minimum Gasteiger partial charge on any atom is -0.198 e. The van der Waals surface area contributed by atoms with Crippen molar-refractivity contribution in [2.45, 2.75) is 51.9 Å². The second-order valence-corrected chi connectivity index (χ2v) is 9.33. The topological polar surface area (TPSA) is 3.88 Å². The van der Waals surface area contributed by atoms with E-state index in [4.69, 9.17) is 1.37 Å². The standard InChI is InChI=1S/C26H28NS/c1-17-13-21-11-12-28-25(21)16-24(17)26-23-10-9-20(19-7-5-4-6-8-19)15-22(23)14-18(2)27(26)3/h9-16,19H,4-8H2,1-3H3/q+1/i14D. The fraction of sp³-hybridized carbons (Fsp3) is 0.346. The molecule has 2 aromatic carbocycles. The number of nitrogens with zero attached hydrogens (tertiary/aromatic N) is 1. The average Bonchev–Trinajstić information content (AvgIpc) is 3.20. The van der Waals surface area contributed by atoms with Crippen LogP contribution in [0.25, 0.3) is 32.1 Å². The number of thiophene rings is 1. The number of rotatable bonds is 2. The minimum atomic E-state index is 0.662. The van der Waals surface area contributed by atoms with Crippen LogP contribution >= 0.6 is 11.3 Å². The predicted octanol–water partition coefficient (Wildman–Crippen LogP) is 7.21. The summed E-state index contributed by atoms with van der Waals surface area (Å²) in [5.74, 6) is 0.662. The fourth-order valence-electron chi connectivity index (χ4n) is 4.89. The molecule has 0 radical (unpaired) electrons. The molecular formula is C26H28NS+. The van der Waals surface area contributed by atoms with Crippen molar-refractivity contribution in [1.82, 2.24) is 0 Å². The van der Waals surface area contributed by atoms with Gasteiger partial charge in [-0.15, -0.1) is 11.3 Å². The zero-order chi connectivity index (χ0) is 20.1. The van der Waals surface area contributed by atoms with Crippen LogP contribution in [0.1, 0.15) is 56.2 Å². The van der Waals surface area contributed by atoms with Crippen LogP contribution in [0.15, 0.2) is 47.8 Å². The van der Waals surface area contributed by atoms with Crippen molar-refractivity contribution in [3.8, 4) is 11.3 Å². The highest BCUT2D eigenvalue weighted by molar-refractivity contribution is 7.17. The van der Waals surface area contributed by atoms with Crippen molar-refractivity contribution in [3.63, 3.8) is 0 Å². The van der Waals surface area contributed by atoms with Crippen molar-refractivity contribution in [1.29, 1.82) is 0 Å². The second kappa shape index (κ2) is 7.00. The summed E-state index contributed by atoms with van der Waals surface area (Å²) >= 11 is 1.80. The lowest BCUT2D eigenvalue weighted by Gasteiger charge is -2.22. The fourth-order valence-corrected chi connectivity index (χ4v) is 5.70. The van der Waals surface area contributed by atoms with Crippen molar-refractivity contribution < 1.29 is 5.94 Å². The van der Waals surface area contributed by atoms with Gasteiger partial charge in [-0.2, -0.15) is 4.57 Å². The van der Waals surface area contributed by atoms with E-state index in [1.165, 1.54) is 70.0 Å². The molecule has 0 saturated heterocycles. The molecule has 0 amide bonds. The summed E-state index contributed by atoms with van der Waals surface area (Å²) in [7, 11) is 2.11. The monoisotopic (exact) mass is 387 g/mol. The number of hydrogen-bond donors (Lipinski definition) is 0. The summed E-state index contributed by atoms with van der Waals surface area (Å²) in [6, 6.07) is 14.4. The third kappa shape index (κ3) is 2.95. The van der Waals surface area contributed by atoms with Gasteiger partial charge in [0, 0.05) is 17.7 Å². The van der Waals surface area contributed by atoms with E-state index in [2.05, 4.69) is 67.2 Å². The number of hydrogen-bond acceptors (Lipinski definition) is 1. The van der Waals surface area contributed by atoms with Gasteiger partial charge in [0.2, 0.25) is 5.69 Å². The Hall–Kier alpha value is -2.19. The first-order chi connectivity index (χ1) is 14.0. The minimum absolute atomic E-state index is 0.662. The van der Waals surface area contributed by atoms with E-state index in [1.807, 2.05) is 0 Å². The molecule has 2 heteroatoms. The lowest BCUT2D eigenvalue weighted by atomic mass is 9.83. The smallest absolute Gasteiger partial charge is 0.198 e. The number of fused-ring (bicyclic) bond motifs is 2. The van der Waals surface area contributed by atoms with Crippen LogP contribution in [0.4, 0.5) is 0 Å². The van der Waals surface area contributed by atoms with Crippen LogP contribution in [0.2, 0.25) is 0 Å². The molecule has 1 fully saturated rings. The first kappa shape index (κ1) is 16.7. The van der Waals surface area contributed by atoms with Crippen LogP contribution < -0.4 is 4.57 Å². The molecule has 0 atom stereocenters. The van der Waals surface area contributed by atoms with Crippen molar-refractivity contribution in [3.05, 3.63) is 64.6 Å². The Balaban J connectivity index is 1.77. The summed E-state index contributed by atoms with van der Waals surface area (Å²) in [5, 5.41) is 5.78. The highest BCUT2D eigenvalue weighted by Gasteiger charge is 2.22. The Morgan fingerprint density at radius 3 is 2.64 bits per heavy atom. The maximum absolute atomic E-state index is 8.84. The molecule has 2 heterocycles. The molecule has 28 heavy (non-hydrogen) atoms. The zero-order valence-corrected chi connectivity index (χ0v) is 17.8. The Labute approximate surface area is 173 Å². The Kier molecular flexibility index (Phi) is 4.19. The summed E-state index contributed by atoms with van der Waals surface area (Å²) in [4.78, 5) is 0. The predicted molar refractivity (Wildman–Crippen MR) is 121 cm³/mol. The molecule has 5 rings (SSSR count). The number of pyridine rings is 1. The molecule has 1 aliphatic rings. The van der Waals surface area contributed by atoms with Crippen LogP contribution in [0.5, 0.6) is 0 Å². The van der Waals surface area contributed by atoms with Gasteiger partial charge >= 0.3 is 0 Å². The molecule has 0 bridgehead atoms.